The molecule has 1 saturated heterocycles. The first kappa shape index (κ1) is 22.3. The number of nitrogens with two attached hydrogens (primary N) is 1. The van der Waals surface area contributed by atoms with E-state index in [2.05, 4.69) is 37.6 Å². The van der Waals surface area contributed by atoms with Crippen LogP contribution in [-0.2, 0) is 16.0 Å². The fourth-order valence-corrected chi connectivity index (χ4v) is 4.44. The number of nitrogens with one attached hydrogen (secondary N) is 2. The Labute approximate surface area is 189 Å². The second kappa shape index (κ2) is 10.1. The fourth-order valence-electron chi connectivity index (χ4n) is 4.44. The number of piperidine rings is 1. The number of ether oxygens (including phenoxy) is 1. The van der Waals surface area contributed by atoms with Crippen molar-refractivity contribution in [3.05, 3.63) is 35.3 Å². The lowest BCUT2D eigenvalue weighted by Crippen LogP contribution is -2.39. The Balaban J connectivity index is 1.37. The zero-order valence-electron chi connectivity index (χ0n) is 18.9. The van der Waals surface area contributed by atoms with Crippen LogP contribution >= 0.6 is 0 Å². The van der Waals surface area contributed by atoms with Crippen LogP contribution in [0, 0.1) is 6.92 Å². The van der Waals surface area contributed by atoms with Gasteiger partial charge in [-0.2, -0.15) is 0 Å². The topological polar surface area (TPSA) is 118 Å². The zero-order valence-corrected chi connectivity index (χ0v) is 18.9. The molecule has 2 aromatic heterocycles. The molecule has 2 aliphatic heterocycles. The van der Waals surface area contributed by atoms with Crippen molar-refractivity contribution in [1.29, 1.82) is 0 Å². The van der Waals surface area contributed by atoms with Crippen LogP contribution in [0.25, 0.3) is 0 Å². The molecular formula is C23H33N7O2. The number of esters is 1. The molecule has 9 nitrogen and oxygen atoms in total. The summed E-state index contributed by atoms with van der Waals surface area (Å²) >= 11 is 0. The summed E-state index contributed by atoms with van der Waals surface area (Å²) in [6, 6.07) is 3.71. The number of carbonyl (C=O) groups is 1. The second-order valence-corrected chi connectivity index (χ2v) is 8.45. The number of carbonyl (C=O) groups excluding carboxylic acids is 1. The van der Waals surface area contributed by atoms with E-state index in [0.29, 0.717) is 18.3 Å². The lowest BCUT2D eigenvalue weighted by molar-refractivity contribution is -0.144. The van der Waals surface area contributed by atoms with Crippen LogP contribution in [0.4, 0.5) is 17.5 Å². The van der Waals surface area contributed by atoms with Crippen LogP contribution in [0.2, 0.25) is 0 Å². The largest absolute Gasteiger partial charge is 0.465 e. The summed E-state index contributed by atoms with van der Waals surface area (Å²) in [5.74, 6) is 2.73. The molecule has 1 fully saturated rings. The van der Waals surface area contributed by atoms with E-state index in [1.165, 1.54) is 17.7 Å². The number of nitrogens with zero attached hydrogens (tertiary/aromatic N) is 4. The molecule has 1 atom stereocenters. The summed E-state index contributed by atoms with van der Waals surface area (Å²) in [5, 5.41) is 6.62. The van der Waals surface area contributed by atoms with Crippen LogP contribution in [0.5, 0.6) is 0 Å². The predicted molar refractivity (Wildman–Crippen MR) is 125 cm³/mol. The predicted octanol–water partition coefficient (Wildman–Crippen LogP) is 2.22. The molecular weight excluding hydrogens is 406 g/mol. The van der Waals surface area contributed by atoms with Crippen molar-refractivity contribution in [1.82, 2.24) is 15.0 Å². The monoisotopic (exact) mass is 439 g/mol. The maximum absolute atomic E-state index is 11.8. The Morgan fingerprint density at radius 1 is 1.34 bits per heavy atom. The van der Waals surface area contributed by atoms with Gasteiger partial charge in [0.1, 0.15) is 29.8 Å². The van der Waals surface area contributed by atoms with Crippen molar-refractivity contribution in [2.24, 2.45) is 5.73 Å². The van der Waals surface area contributed by atoms with Gasteiger partial charge in [-0.25, -0.2) is 15.0 Å². The van der Waals surface area contributed by atoms with Gasteiger partial charge < -0.3 is 26.0 Å². The molecule has 0 saturated carbocycles. The molecule has 0 amide bonds. The van der Waals surface area contributed by atoms with Gasteiger partial charge in [-0.05, 0) is 51.2 Å². The van der Waals surface area contributed by atoms with E-state index in [-0.39, 0.29) is 6.54 Å². The summed E-state index contributed by atoms with van der Waals surface area (Å²) in [6.45, 7) is 7.17. The number of rotatable bonds is 7. The molecule has 0 bridgehead atoms. The molecule has 0 aromatic carbocycles. The third-order valence-electron chi connectivity index (χ3n) is 6.26. The van der Waals surface area contributed by atoms with Gasteiger partial charge in [0.25, 0.3) is 0 Å². The van der Waals surface area contributed by atoms with Gasteiger partial charge in [0, 0.05) is 43.4 Å². The molecule has 4 rings (SSSR count). The molecule has 32 heavy (non-hydrogen) atoms. The van der Waals surface area contributed by atoms with Gasteiger partial charge >= 0.3 is 5.97 Å². The third-order valence-corrected chi connectivity index (χ3v) is 6.26. The second-order valence-electron chi connectivity index (χ2n) is 8.45. The van der Waals surface area contributed by atoms with Gasteiger partial charge in [-0.15, -0.1) is 0 Å². The number of aryl methyl sites for hydroxylation is 1. The van der Waals surface area contributed by atoms with Gasteiger partial charge in [0.05, 0.1) is 6.61 Å². The Kier molecular flexibility index (Phi) is 7.04. The number of aromatic nitrogens is 3. The van der Waals surface area contributed by atoms with Crippen molar-refractivity contribution < 1.29 is 9.53 Å². The number of hydrogen-bond donors (Lipinski definition) is 3. The van der Waals surface area contributed by atoms with Crippen molar-refractivity contribution in [3.8, 4) is 0 Å². The minimum Gasteiger partial charge on any atom is -0.465 e. The standard InChI is InChI=1S/C23H33N7O2/c1-3-32-23(31)18(24)13-26-20-15(2)22(28-14-27-20)30-11-8-16(9-12-30)19-7-6-17-5-4-10-25-21(17)29-19/h6-7,14,16,18H,3-5,8-13,24H2,1-2H3,(H,25,29)(H,26,27,28)/t18-/m0/s1. The van der Waals surface area contributed by atoms with E-state index in [4.69, 9.17) is 15.5 Å². The zero-order chi connectivity index (χ0) is 22.5. The number of anilines is 3. The quantitative estimate of drug-likeness (QED) is 0.558. The maximum atomic E-state index is 11.8. The van der Waals surface area contributed by atoms with Crippen LogP contribution in [0.1, 0.15) is 48.9 Å². The molecule has 0 radical (unpaired) electrons. The average molecular weight is 440 g/mol. The molecule has 4 N–H and O–H groups in total. The first-order valence-electron chi connectivity index (χ1n) is 11.5. The SMILES string of the molecule is CCOC(=O)[C@@H](N)CNc1ncnc(N2CCC(c3ccc4c(n3)NCCC4)CC2)c1C. The Bertz CT molecular complexity index is 944. The summed E-state index contributed by atoms with van der Waals surface area (Å²) in [7, 11) is 0. The molecule has 4 heterocycles. The van der Waals surface area contributed by atoms with Crippen molar-refractivity contribution in [2.75, 3.05) is 48.3 Å². The average Bonchev–Trinajstić information content (AvgIpc) is 2.83. The van der Waals surface area contributed by atoms with Crippen molar-refractivity contribution in [3.63, 3.8) is 0 Å². The molecule has 2 aliphatic rings. The van der Waals surface area contributed by atoms with Crippen LogP contribution < -0.4 is 21.3 Å². The lowest BCUT2D eigenvalue weighted by Gasteiger charge is -2.34. The molecule has 0 aliphatic carbocycles. The van der Waals surface area contributed by atoms with Crippen molar-refractivity contribution >= 4 is 23.4 Å². The number of hydrogen-bond acceptors (Lipinski definition) is 9. The molecule has 0 spiro atoms. The van der Waals surface area contributed by atoms with Crippen molar-refractivity contribution in [2.45, 2.75) is 51.5 Å². The fraction of sp³-hybridized carbons (Fsp3) is 0.565. The Hall–Kier alpha value is -2.94. The van der Waals surface area contributed by atoms with E-state index < -0.39 is 12.0 Å². The Morgan fingerprint density at radius 3 is 2.94 bits per heavy atom. The summed E-state index contributed by atoms with van der Waals surface area (Å²) in [6.07, 6.45) is 5.92. The lowest BCUT2D eigenvalue weighted by atomic mass is 9.92. The third kappa shape index (κ3) is 4.93. The molecule has 9 heteroatoms. The van der Waals surface area contributed by atoms with Gasteiger partial charge in [0.15, 0.2) is 0 Å². The normalized spacial score (nSPS) is 17.3. The minimum atomic E-state index is -0.734. The van der Waals surface area contributed by atoms with E-state index in [9.17, 15) is 4.79 Å². The smallest absolute Gasteiger partial charge is 0.324 e. The van der Waals surface area contributed by atoms with E-state index in [1.54, 1.807) is 13.3 Å². The summed E-state index contributed by atoms with van der Waals surface area (Å²) < 4.78 is 4.96. The van der Waals surface area contributed by atoms with Crippen LogP contribution in [-0.4, -0.2) is 59.7 Å². The highest BCUT2D eigenvalue weighted by molar-refractivity contribution is 5.76. The van der Waals surface area contributed by atoms with Gasteiger partial charge in [-0.3, -0.25) is 4.79 Å². The van der Waals surface area contributed by atoms with E-state index >= 15 is 0 Å². The number of pyridine rings is 1. The maximum Gasteiger partial charge on any atom is 0.324 e. The highest BCUT2D eigenvalue weighted by atomic mass is 16.5. The van der Waals surface area contributed by atoms with E-state index in [0.717, 1.165) is 56.1 Å². The highest BCUT2D eigenvalue weighted by Gasteiger charge is 2.25. The summed E-state index contributed by atoms with van der Waals surface area (Å²) in [5.41, 5.74) is 9.37. The van der Waals surface area contributed by atoms with Crippen LogP contribution in [0.15, 0.2) is 18.5 Å². The Morgan fingerprint density at radius 2 is 2.16 bits per heavy atom. The molecule has 172 valence electrons. The van der Waals surface area contributed by atoms with Gasteiger partial charge in [0.2, 0.25) is 0 Å². The first-order valence-corrected chi connectivity index (χ1v) is 11.5. The molecule has 2 aromatic rings. The van der Waals surface area contributed by atoms with Gasteiger partial charge in [-0.1, -0.05) is 6.07 Å². The first-order chi connectivity index (χ1) is 15.6. The van der Waals surface area contributed by atoms with Crippen LogP contribution in [0.3, 0.4) is 0 Å². The number of fused-ring (bicyclic) bond motifs is 1. The highest BCUT2D eigenvalue weighted by Crippen LogP contribution is 2.32. The molecule has 0 unspecified atom stereocenters. The van der Waals surface area contributed by atoms with E-state index in [1.807, 2.05) is 6.92 Å². The minimum absolute atomic E-state index is 0.260. The summed E-state index contributed by atoms with van der Waals surface area (Å²) in [4.78, 5) is 27.9.